The Bertz CT molecular complexity index is 410. The van der Waals surface area contributed by atoms with Gasteiger partial charge in [0, 0.05) is 31.8 Å². The van der Waals surface area contributed by atoms with Gasteiger partial charge >= 0.3 is 0 Å². The average molecular weight is 298 g/mol. The monoisotopic (exact) mass is 297 g/mol. The third-order valence-corrected chi connectivity index (χ3v) is 3.18. The van der Waals surface area contributed by atoms with E-state index in [-0.39, 0.29) is 0 Å². The van der Waals surface area contributed by atoms with E-state index in [1.807, 2.05) is 24.3 Å². The number of nitrogens with one attached hydrogen (secondary N) is 2. The van der Waals surface area contributed by atoms with E-state index in [4.69, 9.17) is 16.3 Å². The molecule has 0 spiro atoms. The van der Waals surface area contributed by atoms with Crippen molar-refractivity contribution in [3.63, 3.8) is 0 Å². The molecular formula is C15H24ClN3O. The molecule has 0 fully saturated rings. The fraction of sp³-hybridized carbons (Fsp3) is 0.533. The first-order valence-corrected chi connectivity index (χ1v) is 7.41. The molecule has 0 aliphatic rings. The molecule has 0 saturated heterocycles. The van der Waals surface area contributed by atoms with Gasteiger partial charge in [-0.05, 0) is 18.1 Å². The summed E-state index contributed by atoms with van der Waals surface area (Å²) in [5.41, 5.74) is 1.05. The van der Waals surface area contributed by atoms with Crippen LogP contribution in [0, 0.1) is 0 Å². The summed E-state index contributed by atoms with van der Waals surface area (Å²) in [5, 5.41) is 7.20. The zero-order chi connectivity index (χ0) is 14.6. The van der Waals surface area contributed by atoms with Crippen LogP contribution in [0.15, 0.2) is 29.3 Å². The summed E-state index contributed by atoms with van der Waals surface area (Å²) in [6.45, 7) is 5.06. The highest BCUT2D eigenvalue weighted by Crippen LogP contribution is 2.13. The number of benzene rings is 1. The zero-order valence-electron chi connectivity index (χ0n) is 12.3. The number of hydrogen-bond acceptors (Lipinski definition) is 2. The van der Waals surface area contributed by atoms with E-state index in [0.717, 1.165) is 42.5 Å². The van der Waals surface area contributed by atoms with Crippen molar-refractivity contribution in [1.29, 1.82) is 0 Å². The molecule has 0 atom stereocenters. The van der Waals surface area contributed by atoms with E-state index < -0.39 is 0 Å². The van der Waals surface area contributed by atoms with Crippen molar-refractivity contribution >= 4 is 17.6 Å². The minimum Gasteiger partial charge on any atom is -0.380 e. The van der Waals surface area contributed by atoms with Crippen molar-refractivity contribution in [1.82, 2.24) is 10.6 Å². The lowest BCUT2D eigenvalue weighted by atomic mass is 10.2. The molecule has 5 heteroatoms. The van der Waals surface area contributed by atoms with Crippen LogP contribution >= 0.6 is 11.6 Å². The number of ether oxygens (including phenoxy) is 1. The number of hydrogen-bond donors (Lipinski definition) is 2. The van der Waals surface area contributed by atoms with Crippen molar-refractivity contribution in [2.45, 2.75) is 26.3 Å². The van der Waals surface area contributed by atoms with E-state index in [2.05, 4.69) is 22.5 Å². The Kier molecular flexibility index (Phi) is 8.83. The molecule has 0 saturated carbocycles. The summed E-state index contributed by atoms with van der Waals surface area (Å²) in [4.78, 5) is 4.16. The topological polar surface area (TPSA) is 45.6 Å². The van der Waals surface area contributed by atoms with Gasteiger partial charge in [-0.15, -0.1) is 0 Å². The molecule has 1 aromatic rings. The van der Waals surface area contributed by atoms with Gasteiger partial charge in [-0.2, -0.15) is 0 Å². The first-order chi connectivity index (χ1) is 9.77. The second-order valence-electron chi connectivity index (χ2n) is 4.41. The number of halogens is 1. The summed E-state index contributed by atoms with van der Waals surface area (Å²) in [7, 11) is 1.75. The van der Waals surface area contributed by atoms with Gasteiger partial charge in [0.1, 0.15) is 0 Å². The summed E-state index contributed by atoms with van der Waals surface area (Å²) < 4.78 is 5.48. The van der Waals surface area contributed by atoms with Crippen LogP contribution in [0.3, 0.4) is 0 Å². The van der Waals surface area contributed by atoms with Crippen LogP contribution < -0.4 is 10.6 Å². The first-order valence-electron chi connectivity index (χ1n) is 7.03. The van der Waals surface area contributed by atoms with Crippen molar-refractivity contribution in [2.24, 2.45) is 4.99 Å². The molecule has 0 aromatic heterocycles. The Labute approximate surface area is 126 Å². The van der Waals surface area contributed by atoms with E-state index >= 15 is 0 Å². The fourth-order valence-electron chi connectivity index (χ4n) is 1.63. The number of rotatable bonds is 8. The highest BCUT2D eigenvalue weighted by molar-refractivity contribution is 6.31. The van der Waals surface area contributed by atoms with E-state index in [1.54, 1.807) is 7.05 Å². The van der Waals surface area contributed by atoms with Crippen molar-refractivity contribution in [3.8, 4) is 0 Å². The molecule has 0 aliphatic carbocycles. The molecule has 0 radical (unpaired) electrons. The maximum atomic E-state index is 6.11. The molecule has 0 bridgehead atoms. The molecule has 20 heavy (non-hydrogen) atoms. The predicted molar refractivity (Wildman–Crippen MR) is 85.4 cm³/mol. The van der Waals surface area contributed by atoms with Gasteiger partial charge in [0.05, 0.1) is 6.61 Å². The summed E-state index contributed by atoms with van der Waals surface area (Å²) in [6.07, 6.45) is 2.27. The van der Waals surface area contributed by atoms with Gasteiger partial charge in [0.25, 0.3) is 0 Å². The quantitative estimate of drug-likeness (QED) is 0.441. The highest BCUT2D eigenvalue weighted by atomic mass is 35.5. The molecule has 4 nitrogen and oxygen atoms in total. The molecular weight excluding hydrogens is 274 g/mol. The molecule has 0 heterocycles. The lowest BCUT2D eigenvalue weighted by Crippen LogP contribution is -2.38. The van der Waals surface area contributed by atoms with Gasteiger partial charge in [-0.3, -0.25) is 4.99 Å². The molecule has 0 aliphatic heterocycles. The smallest absolute Gasteiger partial charge is 0.191 e. The van der Waals surface area contributed by atoms with Crippen LogP contribution in [0.2, 0.25) is 5.02 Å². The Morgan fingerprint density at radius 1 is 1.25 bits per heavy atom. The zero-order valence-corrected chi connectivity index (χ0v) is 13.0. The van der Waals surface area contributed by atoms with E-state index in [1.165, 1.54) is 0 Å². The van der Waals surface area contributed by atoms with Crippen molar-refractivity contribution in [2.75, 3.05) is 26.8 Å². The Morgan fingerprint density at radius 2 is 2.05 bits per heavy atom. The first kappa shape index (κ1) is 16.8. The molecule has 2 N–H and O–H groups in total. The summed E-state index contributed by atoms with van der Waals surface area (Å²) >= 11 is 6.11. The second kappa shape index (κ2) is 10.5. The lowest BCUT2D eigenvalue weighted by Gasteiger charge is -2.12. The van der Waals surface area contributed by atoms with Crippen LogP contribution in [-0.4, -0.2) is 32.8 Å². The molecule has 1 rings (SSSR count). The van der Waals surface area contributed by atoms with Gasteiger partial charge in [0.15, 0.2) is 5.96 Å². The lowest BCUT2D eigenvalue weighted by molar-refractivity contribution is 0.136. The van der Waals surface area contributed by atoms with Gasteiger partial charge in [-0.1, -0.05) is 43.1 Å². The SMILES string of the molecule is CCCCOCCNC(=NC)NCc1ccccc1Cl. The third-order valence-electron chi connectivity index (χ3n) is 2.81. The number of guanidine groups is 1. The van der Waals surface area contributed by atoms with Gasteiger partial charge in [0.2, 0.25) is 0 Å². The average Bonchev–Trinajstić information content (AvgIpc) is 2.47. The minimum absolute atomic E-state index is 0.649. The van der Waals surface area contributed by atoms with Crippen molar-refractivity contribution < 1.29 is 4.74 Å². The van der Waals surface area contributed by atoms with E-state index in [0.29, 0.717) is 13.2 Å². The largest absolute Gasteiger partial charge is 0.380 e. The summed E-state index contributed by atoms with van der Waals surface area (Å²) in [6, 6.07) is 7.78. The van der Waals surface area contributed by atoms with Crippen LogP contribution in [0.25, 0.3) is 0 Å². The number of aliphatic imine (C=N–C) groups is 1. The highest BCUT2D eigenvalue weighted by Gasteiger charge is 2.01. The molecule has 0 unspecified atom stereocenters. The number of nitrogens with zero attached hydrogens (tertiary/aromatic N) is 1. The van der Waals surface area contributed by atoms with Crippen molar-refractivity contribution in [3.05, 3.63) is 34.9 Å². The van der Waals surface area contributed by atoms with Crippen LogP contribution in [0.5, 0.6) is 0 Å². The van der Waals surface area contributed by atoms with Gasteiger partial charge < -0.3 is 15.4 Å². The molecule has 112 valence electrons. The molecule has 1 aromatic carbocycles. The minimum atomic E-state index is 0.649. The standard InChI is InChI=1S/C15H24ClN3O/c1-3-4-10-20-11-9-18-15(17-2)19-12-13-7-5-6-8-14(13)16/h5-8H,3-4,9-12H2,1-2H3,(H2,17,18,19). The van der Waals surface area contributed by atoms with Crippen LogP contribution in [0.1, 0.15) is 25.3 Å². The maximum absolute atomic E-state index is 6.11. The van der Waals surface area contributed by atoms with Crippen LogP contribution in [0.4, 0.5) is 0 Å². The number of unbranched alkanes of at least 4 members (excludes halogenated alkanes) is 1. The normalized spacial score (nSPS) is 11.4. The summed E-state index contributed by atoms with van der Waals surface area (Å²) in [5.74, 6) is 0.754. The van der Waals surface area contributed by atoms with E-state index in [9.17, 15) is 0 Å². The second-order valence-corrected chi connectivity index (χ2v) is 4.82. The fourth-order valence-corrected chi connectivity index (χ4v) is 1.83. The molecule has 0 amide bonds. The Hall–Kier alpha value is -1.26. The van der Waals surface area contributed by atoms with Gasteiger partial charge in [-0.25, -0.2) is 0 Å². The maximum Gasteiger partial charge on any atom is 0.191 e. The third kappa shape index (κ3) is 6.78. The Morgan fingerprint density at radius 3 is 2.75 bits per heavy atom. The Balaban J connectivity index is 2.22. The predicted octanol–water partition coefficient (Wildman–Crippen LogP) is 2.82. The van der Waals surface area contributed by atoms with Crippen LogP contribution in [-0.2, 0) is 11.3 Å².